The van der Waals surface area contributed by atoms with E-state index in [1.165, 1.54) is 29.9 Å². The molecule has 5 nitrogen and oxygen atoms in total. The Bertz CT molecular complexity index is 1070. The van der Waals surface area contributed by atoms with Crippen LogP contribution in [0.3, 0.4) is 0 Å². The standard InChI is InChI=1S/C31H45NO4Si/c1-31(2,3)37(6,7)36-21-9-19-32(20-18-24-10-8-11-27(23-24)34-4)29-16-14-26-22-25(12-15-28(26)29)13-17-30(33)35-5/h8,10-13,15,17,22-23,29H,9,14,16,18-21H2,1-7H3. The predicted octanol–water partition coefficient (Wildman–Crippen LogP) is 6.83. The van der Waals surface area contributed by atoms with Gasteiger partial charge in [0.05, 0.1) is 14.2 Å². The van der Waals surface area contributed by atoms with Crippen molar-refractivity contribution in [2.24, 2.45) is 0 Å². The number of ether oxygens (including phenoxy) is 2. The molecule has 0 radical (unpaired) electrons. The number of hydrogen-bond acceptors (Lipinski definition) is 5. The lowest BCUT2D eigenvalue weighted by Crippen LogP contribution is -2.41. The van der Waals surface area contributed by atoms with Crippen molar-refractivity contribution in [2.75, 3.05) is 33.9 Å². The quantitative estimate of drug-likeness (QED) is 0.132. The van der Waals surface area contributed by atoms with E-state index in [0.29, 0.717) is 6.04 Å². The average Bonchev–Trinajstić information content (AvgIpc) is 3.29. The Hall–Kier alpha value is -2.41. The molecule has 37 heavy (non-hydrogen) atoms. The number of methoxy groups -OCH3 is 2. The zero-order valence-electron chi connectivity index (χ0n) is 23.8. The van der Waals surface area contributed by atoms with Gasteiger partial charge in [-0.15, -0.1) is 0 Å². The van der Waals surface area contributed by atoms with Crippen LogP contribution in [0.4, 0.5) is 0 Å². The molecule has 2 aromatic carbocycles. The van der Waals surface area contributed by atoms with Crippen molar-refractivity contribution < 1.29 is 18.7 Å². The van der Waals surface area contributed by atoms with Gasteiger partial charge in [-0.05, 0) is 84.3 Å². The van der Waals surface area contributed by atoms with E-state index in [4.69, 9.17) is 13.9 Å². The molecule has 0 amide bonds. The lowest BCUT2D eigenvalue weighted by Gasteiger charge is -2.36. The molecule has 3 rings (SSSR count). The highest BCUT2D eigenvalue weighted by Gasteiger charge is 2.37. The fourth-order valence-electron chi connectivity index (χ4n) is 4.67. The topological polar surface area (TPSA) is 48.0 Å². The molecule has 0 bridgehead atoms. The summed E-state index contributed by atoms with van der Waals surface area (Å²) in [6.07, 6.45) is 7.48. The van der Waals surface area contributed by atoms with E-state index < -0.39 is 8.32 Å². The second-order valence-corrected chi connectivity index (χ2v) is 16.3. The fourth-order valence-corrected chi connectivity index (χ4v) is 5.75. The molecule has 0 heterocycles. The summed E-state index contributed by atoms with van der Waals surface area (Å²) < 4.78 is 16.7. The van der Waals surface area contributed by atoms with Gasteiger partial charge in [0, 0.05) is 31.8 Å². The molecular formula is C31H45NO4Si. The van der Waals surface area contributed by atoms with Gasteiger partial charge in [-0.2, -0.15) is 0 Å². The third kappa shape index (κ3) is 8.03. The normalized spacial score (nSPS) is 15.8. The highest BCUT2D eigenvalue weighted by Crippen LogP contribution is 2.38. The van der Waals surface area contributed by atoms with E-state index in [-0.39, 0.29) is 11.0 Å². The van der Waals surface area contributed by atoms with Crippen LogP contribution in [-0.4, -0.2) is 53.1 Å². The Morgan fingerprint density at radius 1 is 1.11 bits per heavy atom. The second kappa shape index (κ2) is 12.9. The number of carbonyl (C=O) groups excluding carboxylic acids is 1. The molecule has 6 heteroatoms. The largest absolute Gasteiger partial charge is 0.497 e. The van der Waals surface area contributed by atoms with Gasteiger partial charge < -0.3 is 13.9 Å². The first-order valence-electron chi connectivity index (χ1n) is 13.4. The SMILES string of the molecule is COC(=O)C=Cc1ccc2c(c1)CCC2N(CCCO[Si](C)(C)C(C)(C)C)CCc1cccc(OC)c1. The van der Waals surface area contributed by atoms with Gasteiger partial charge in [0.2, 0.25) is 0 Å². The number of carbonyl (C=O) groups is 1. The third-order valence-electron chi connectivity index (χ3n) is 7.95. The monoisotopic (exact) mass is 523 g/mol. The van der Waals surface area contributed by atoms with Crippen LogP contribution < -0.4 is 4.74 Å². The predicted molar refractivity (Wildman–Crippen MR) is 155 cm³/mol. The Kier molecular flexibility index (Phi) is 10.2. The molecule has 0 fully saturated rings. The van der Waals surface area contributed by atoms with Gasteiger partial charge in [-0.1, -0.05) is 51.1 Å². The summed E-state index contributed by atoms with van der Waals surface area (Å²) in [5, 5.41) is 0.226. The van der Waals surface area contributed by atoms with Crippen LogP contribution in [0.2, 0.25) is 18.1 Å². The maximum absolute atomic E-state index is 11.5. The summed E-state index contributed by atoms with van der Waals surface area (Å²) in [4.78, 5) is 14.1. The molecule has 0 spiro atoms. The van der Waals surface area contributed by atoms with E-state index in [1.54, 1.807) is 7.11 Å². The Morgan fingerprint density at radius 3 is 2.59 bits per heavy atom. The minimum atomic E-state index is -1.74. The highest BCUT2D eigenvalue weighted by molar-refractivity contribution is 6.74. The van der Waals surface area contributed by atoms with Crippen LogP contribution in [0.25, 0.3) is 6.08 Å². The summed E-state index contributed by atoms with van der Waals surface area (Å²) in [6, 6.07) is 15.4. The van der Waals surface area contributed by atoms with Crippen LogP contribution in [0, 0.1) is 0 Å². The molecule has 1 aliphatic rings. The van der Waals surface area contributed by atoms with E-state index in [2.05, 4.69) is 75.2 Å². The molecule has 0 aromatic heterocycles. The number of esters is 1. The summed E-state index contributed by atoms with van der Waals surface area (Å²) in [5.74, 6) is 0.576. The lowest BCUT2D eigenvalue weighted by molar-refractivity contribution is -0.134. The molecule has 0 saturated carbocycles. The maximum Gasteiger partial charge on any atom is 0.330 e. The number of hydrogen-bond donors (Lipinski definition) is 0. The first-order valence-corrected chi connectivity index (χ1v) is 16.3. The number of aryl methyl sites for hydroxylation is 1. The van der Waals surface area contributed by atoms with Gasteiger partial charge in [0.1, 0.15) is 5.75 Å². The molecule has 1 aliphatic carbocycles. The fraction of sp³-hybridized carbons (Fsp3) is 0.516. The van der Waals surface area contributed by atoms with E-state index >= 15 is 0 Å². The van der Waals surface area contributed by atoms with E-state index in [1.807, 2.05) is 12.1 Å². The number of nitrogens with zero attached hydrogens (tertiary/aromatic N) is 1. The molecule has 202 valence electrons. The average molecular weight is 524 g/mol. The van der Waals surface area contributed by atoms with Crippen molar-refractivity contribution in [3.63, 3.8) is 0 Å². The Balaban J connectivity index is 1.72. The third-order valence-corrected chi connectivity index (χ3v) is 12.5. The molecule has 1 unspecified atom stereocenters. The van der Waals surface area contributed by atoms with Crippen molar-refractivity contribution in [2.45, 2.75) is 70.6 Å². The summed E-state index contributed by atoms with van der Waals surface area (Å²) in [6.45, 7) is 14.3. The Labute approximate surface area is 224 Å². The minimum absolute atomic E-state index is 0.226. The van der Waals surface area contributed by atoms with Crippen LogP contribution in [0.5, 0.6) is 5.75 Å². The molecule has 0 N–H and O–H groups in total. The van der Waals surface area contributed by atoms with Crippen molar-refractivity contribution in [1.82, 2.24) is 4.90 Å². The Morgan fingerprint density at radius 2 is 1.89 bits per heavy atom. The molecule has 2 aromatic rings. The smallest absolute Gasteiger partial charge is 0.330 e. The highest BCUT2D eigenvalue weighted by atomic mass is 28.4. The molecule has 0 aliphatic heterocycles. The van der Waals surface area contributed by atoms with Crippen LogP contribution >= 0.6 is 0 Å². The van der Waals surface area contributed by atoms with Crippen molar-refractivity contribution in [3.05, 3.63) is 70.8 Å². The maximum atomic E-state index is 11.5. The summed E-state index contributed by atoms with van der Waals surface area (Å²) in [7, 11) is 1.38. The second-order valence-electron chi connectivity index (χ2n) is 11.5. The zero-order valence-corrected chi connectivity index (χ0v) is 24.8. The number of benzene rings is 2. The van der Waals surface area contributed by atoms with Gasteiger partial charge in [0.15, 0.2) is 8.32 Å². The summed E-state index contributed by atoms with van der Waals surface area (Å²) in [5.41, 5.74) is 5.12. The van der Waals surface area contributed by atoms with E-state index in [0.717, 1.165) is 56.7 Å². The van der Waals surface area contributed by atoms with Gasteiger partial charge in [0.25, 0.3) is 0 Å². The van der Waals surface area contributed by atoms with Gasteiger partial charge in [-0.3, -0.25) is 4.90 Å². The van der Waals surface area contributed by atoms with Crippen molar-refractivity contribution >= 4 is 20.4 Å². The molecular weight excluding hydrogens is 478 g/mol. The van der Waals surface area contributed by atoms with Crippen molar-refractivity contribution in [1.29, 1.82) is 0 Å². The van der Waals surface area contributed by atoms with Crippen LogP contribution in [0.15, 0.2) is 48.5 Å². The summed E-state index contributed by atoms with van der Waals surface area (Å²) >= 11 is 0. The van der Waals surface area contributed by atoms with E-state index in [9.17, 15) is 4.79 Å². The first kappa shape index (κ1) is 29.1. The first-order chi connectivity index (χ1) is 17.5. The van der Waals surface area contributed by atoms with Crippen LogP contribution in [-0.2, 0) is 26.8 Å². The number of fused-ring (bicyclic) bond motifs is 1. The molecule has 0 saturated heterocycles. The van der Waals surface area contributed by atoms with Gasteiger partial charge >= 0.3 is 5.97 Å². The van der Waals surface area contributed by atoms with Crippen molar-refractivity contribution in [3.8, 4) is 5.75 Å². The zero-order chi connectivity index (χ0) is 27.1. The molecule has 1 atom stereocenters. The minimum Gasteiger partial charge on any atom is -0.497 e. The van der Waals surface area contributed by atoms with Crippen LogP contribution in [0.1, 0.15) is 61.9 Å². The lowest BCUT2D eigenvalue weighted by atomic mass is 10.0. The number of rotatable bonds is 12. The van der Waals surface area contributed by atoms with Gasteiger partial charge in [-0.25, -0.2) is 4.79 Å².